The molecule has 0 amide bonds. The summed E-state index contributed by atoms with van der Waals surface area (Å²) >= 11 is 0. The molecule has 0 saturated carbocycles. The Labute approximate surface area is 119 Å². The molecule has 0 aromatic carbocycles. The van der Waals surface area contributed by atoms with E-state index in [0.29, 0.717) is 5.56 Å². The van der Waals surface area contributed by atoms with Gasteiger partial charge in [0.1, 0.15) is 0 Å². The van der Waals surface area contributed by atoms with Crippen molar-refractivity contribution >= 4 is 5.97 Å². The van der Waals surface area contributed by atoms with Gasteiger partial charge in [-0.3, -0.25) is 9.88 Å². The number of carbonyl (C=O) groups excluding carboxylic acids is 1. The minimum atomic E-state index is -0.356. The highest BCUT2D eigenvalue weighted by Gasteiger charge is 2.31. The molecular weight excluding hydrogens is 256 g/mol. The molecule has 1 aromatic rings. The van der Waals surface area contributed by atoms with Crippen molar-refractivity contribution in [1.29, 1.82) is 0 Å². The topological polar surface area (TPSA) is 51.7 Å². The second-order valence-corrected chi connectivity index (χ2v) is 5.89. The highest BCUT2D eigenvalue weighted by atomic mass is 16.5. The Balaban J connectivity index is 2.01. The number of esters is 1. The monoisotopic (exact) mass is 278 g/mol. The molecule has 20 heavy (non-hydrogen) atoms. The highest BCUT2D eigenvalue weighted by Crippen LogP contribution is 2.21. The van der Waals surface area contributed by atoms with Crippen LogP contribution in [0.4, 0.5) is 0 Å². The molecule has 5 nitrogen and oxygen atoms in total. The van der Waals surface area contributed by atoms with Gasteiger partial charge in [0, 0.05) is 25.8 Å². The zero-order valence-electron chi connectivity index (χ0n) is 12.5. The van der Waals surface area contributed by atoms with Crippen molar-refractivity contribution in [1.82, 2.24) is 9.88 Å². The van der Waals surface area contributed by atoms with Gasteiger partial charge in [-0.1, -0.05) is 0 Å². The molecule has 0 spiro atoms. The number of morpholine rings is 1. The van der Waals surface area contributed by atoms with Crippen molar-refractivity contribution in [3.05, 3.63) is 29.6 Å². The van der Waals surface area contributed by atoms with Gasteiger partial charge in [0.25, 0.3) is 0 Å². The first-order chi connectivity index (χ1) is 9.39. The summed E-state index contributed by atoms with van der Waals surface area (Å²) < 4.78 is 10.5. The van der Waals surface area contributed by atoms with Crippen LogP contribution in [0.3, 0.4) is 0 Å². The van der Waals surface area contributed by atoms with Gasteiger partial charge >= 0.3 is 5.97 Å². The minimum Gasteiger partial charge on any atom is -0.465 e. The van der Waals surface area contributed by atoms with E-state index in [1.54, 1.807) is 12.3 Å². The lowest BCUT2D eigenvalue weighted by molar-refractivity contribution is -0.130. The Morgan fingerprint density at radius 1 is 1.55 bits per heavy atom. The third-order valence-corrected chi connectivity index (χ3v) is 3.27. The summed E-state index contributed by atoms with van der Waals surface area (Å²) in [6.45, 7) is 8.81. The fourth-order valence-electron chi connectivity index (χ4n) is 2.69. The largest absolute Gasteiger partial charge is 0.465 e. The number of hydrogen-bond acceptors (Lipinski definition) is 5. The van der Waals surface area contributed by atoms with E-state index >= 15 is 0 Å². The van der Waals surface area contributed by atoms with Crippen LogP contribution in [0, 0.1) is 0 Å². The summed E-state index contributed by atoms with van der Waals surface area (Å²) in [5, 5.41) is 0. The third kappa shape index (κ3) is 3.77. The Kier molecular flexibility index (Phi) is 4.40. The highest BCUT2D eigenvalue weighted by molar-refractivity contribution is 5.88. The molecule has 2 heterocycles. The standard InChI is InChI=1S/C15H22N2O3/c1-11-8-17(10-15(2,3)20-11)9-13-6-5-12(7-16-13)14(18)19-4/h5-7,11H,8-10H2,1-4H3. The van der Waals surface area contributed by atoms with Gasteiger partial charge in [-0.05, 0) is 32.9 Å². The maximum atomic E-state index is 11.4. The quantitative estimate of drug-likeness (QED) is 0.790. The van der Waals surface area contributed by atoms with Crippen LogP contribution >= 0.6 is 0 Å². The number of nitrogens with zero attached hydrogens (tertiary/aromatic N) is 2. The van der Waals surface area contributed by atoms with E-state index in [9.17, 15) is 4.79 Å². The van der Waals surface area contributed by atoms with Crippen molar-refractivity contribution in [2.24, 2.45) is 0 Å². The van der Waals surface area contributed by atoms with Crippen LogP contribution in [0.5, 0.6) is 0 Å². The number of methoxy groups -OCH3 is 1. The molecule has 1 fully saturated rings. The molecule has 1 atom stereocenters. The van der Waals surface area contributed by atoms with Crippen molar-refractivity contribution in [2.75, 3.05) is 20.2 Å². The molecule has 0 N–H and O–H groups in total. The molecule has 1 aliphatic heterocycles. The normalized spacial score (nSPS) is 22.5. The summed E-state index contributed by atoms with van der Waals surface area (Å²) in [6, 6.07) is 3.63. The Bertz CT molecular complexity index is 471. The van der Waals surface area contributed by atoms with E-state index in [-0.39, 0.29) is 17.7 Å². The summed E-state index contributed by atoms with van der Waals surface area (Å²) in [7, 11) is 1.37. The first-order valence-corrected chi connectivity index (χ1v) is 6.83. The maximum absolute atomic E-state index is 11.4. The maximum Gasteiger partial charge on any atom is 0.339 e. The van der Waals surface area contributed by atoms with Crippen LogP contribution in [0.2, 0.25) is 0 Å². The van der Waals surface area contributed by atoms with Crippen LogP contribution in [0.15, 0.2) is 18.3 Å². The van der Waals surface area contributed by atoms with E-state index in [1.165, 1.54) is 7.11 Å². The van der Waals surface area contributed by atoms with Crippen LogP contribution in [0.1, 0.15) is 36.8 Å². The van der Waals surface area contributed by atoms with Gasteiger partial charge in [-0.15, -0.1) is 0 Å². The number of ether oxygens (including phenoxy) is 2. The summed E-state index contributed by atoms with van der Waals surface area (Å²) in [4.78, 5) is 18.0. The summed E-state index contributed by atoms with van der Waals surface area (Å²) in [5.41, 5.74) is 1.29. The summed E-state index contributed by atoms with van der Waals surface area (Å²) in [6.07, 6.45) is 1.78. The molecule has 2 rings (SSSR count). The Hall–Kier alpha value is -1.46. The average Bonchev–Trinajstić information content (AvgIpc) is 2.36. The Morgan fingerprint density at radius 3 is 2.85 bits per heavy atom. The van der Waals surface area contributed by atoms with Crippen molar-refractivity contribution in [3.8, 4) is 0 Å². The van der Waals surface area contributed by atoms with Crippen LogP contribution in [-0.2, 0) is 16.0 Å². The Morgan fingerprint density at radius 2 is 2.30 bits per heavy atom. The first kappa shape index (κ1) is 14.9. The SMILES string of the molecule is COC(=O)c1ccc(CN2CC(C)OC(C)(C)C2)nc1. The van der Waals surface area contributed by atoms with Crippen molar-refractivity contribution in [3.63, 3.8) is 0 Å². The van der Waals surface area contributed by atoms with E-state index in [1.807, 2.05) is 6.07 Å². The van der Waals surface area contributed by atoms with Crippen LogP contribution < -0.4 is 0 Å². The van der Waals surface area contributed by atoms with Crippen LogP contribution in [-0.4, -0.2) is 47.8 Å². The van der Waals surface area contributed by atoms with Crippen molar-refractivity contribution < 1.29 is 14.3 Å². The predicted molar refractivity (Wildman–Crippen MR) is 75.5 cm³/mol. The molecule has 0 radical (unpaired) electrons. The lowest BCUT2D eigenvalue weighted by atomic mass is 10.1. The van der Waals surface area contributed by atoms with E-state index in [4.69, 9.17) is 4.74 Å². The zero-order chi connectivity index (χ0) is 14.8. The van der Waals surface area contributed by atoms with Gasteiger partial charge in [0.05, 0.1) is 30.1 Å². The minimum absolute atomic E-state index is 0.135. The smallest absolute Gasteiger partial charge is 0.339 e. The van der Waals surface area contributed by atoms with Gasteiger partial charge in [-0.2, -0.15) is 0 Å². The van der Waals surface area contributed by atoms with Gasteiger partial charge in [0.2, 0.25) is 0 Å². The number of pyridine rings is 1. The molecular formula is C15H22N2O3. The van der Waals surface area contributed by atoms with E-state index in [0.717, 1.165) is 25.3 Å². The van der Waals surface area contributed by atoms with Gasteiger partial charge in [-0.25, -0.2) is 4.79 Å². The van der Waals surface area contributed by atoms with Crippen LogP contribution in [0.25, 0.3) is 0 Å². The van der Waals surface area contributed by atoms with Gasteiger partial charge in [0.15, 0.2) is 0 Å². The molecule has 1 unspecified atom stereocenters. The fraction of sp³-hybridized carbons (Fsp3) is 0.600. The second-order valence-electron chi connectivity index (χ2n) is 5.89. The number of hydrogen-bond donors (Lipinski definition) is 0. The molecule has 1 aliphatic rings. The molecule has 1 saturated heterocycles. The number of carbonyl (C=O) groups is 1. The molecule has 5 heteroatoms. The first-order valence-electron chi connectivity index (χ1n) is 6.83. The predicted octanol–water partition coefficient (Wildman–Crippen LogP) is 1.87. The van der Waals surface area contributed by atoms with E-state index in [2.05, 4.69) is 35.4 Å². The molecule has 1 aromatic heterocycles. The zero-order valence-corrected chi connectivity index (χ0v) is 12.5. The fourth-order valence-corrected chi connectivity index (χ4v) is 2.69. The molecule has 0 aliphatic carbocycles. The van der Waals surface area contributed by atoms with Crippen molar-refractivity contribution in [2.45, 2.75) is 39.0 Å². The molecule has 0 bridgehead atoms. The number of aromatic nitrogens is 1. The number of rotatable bonds is 3. The third-order valence-electron chi connectivity index (χ3n) is 3.27. The second kappa shape index (κ2) is 5.89. The lowest BCUT2D eigenvalue weighted by Crippen LogP contribution is -2.51. The summed E-state index contributed by atoms with van der Waals surface area (Å²) in [5.74, 6) is -0.356. The van der Waals surface area contributed by atoms with Gasteiger partial charge < -0.3 is 9.47 Å². The molecule has 110 valence electrons. The average molecular weight is 278 g/mol. The lowest BCUT2D eigenvalue weighted by Gasteiger charge is -2.41. The van der Waals surface area contributed by atoms with E-state index < -0.39 is 0 Å².